The van der Waals surface area contributed by atoms with Crippen LogP contribution in [0.2, 0.25) is 0 Å². The van der Waals surface area contributed by atoms with Gasteiger partial charge in [-0.2, -0.15) is 13.2 Å². The van der Waals surface area contributed by atoms with E-state index in [-0.39, 0.29) is 5.56 Å². The van der Waals surface area contributed by atoms with Gasteiger partial charge in [0.2, 0.25) is 0 Å². The van der Waals surface area contributed by atoms with Gasteiger partial charge in [0, 0.05) is 5.56 Å². The number of ketones is 1. The lowest BCUT2D eigenvalue weighted by atomic mass is 10.1. The number of halogens is 3. The molecule has 0 unspecified atom stereocenters. The van der Waals surface area contributed by atoms with Gasteiger partial charge in [-0.05, 0) is 0 Å². The van der Waals surface area contributed by atoms with E-state index in [4.69, 9.17) is 5.21 Å². The van der Waals surface area contributed by atoms with Crippen molar-refractivity contribution in [3.05, 3.63) is 35.9 Å². The molecular weight excluding hydrogens is 223 g/mol. The molecule has 0 amide bonds. The number of Topliss-reactive ketones (excluding diaryl/α,β-unsaturated/α-hetero) is 1. The van der Waals surface area contributed by atoms with Crippen LogP contribution >= 0.6 is 0 Å². The maximum absolute atomic E-state index is 12.2. The van der Waals surface area contributed by atoms with E-state index in [2.05, 4.69) is 5.16 Å². The second kappa shape index (κ2) is 4.78. The third-order valence-corrected chi connectivity index (χ3v) is 1.87. The topological polar surface area (TPSA) is 49.7 Å². The van der Waals surface area contributed by atoms with E-state index in [1.807, 2.05) is 0 Å². The summed E-state index contributed by atoms with van der Waals surface area (Å²) in [4.78, 5) is 11.4. The first-order valence-electron chi connectivity index (χ1n) is 4.31. The first kappa shape index (κ1) is 12.2. The van der Waals surface area contributed by atoms with Crippen molar-refractivity contribution in [1.82, 2.24) is 0 Å². The molecule has 0 saturated carbocycles. The lowest BCUT2D eigenvalue weighted by Crippen LogP contribution is -2.25. The maximum atomic E-state index is 12.2. The smallest absolute Gasteiger partial charge is 0.411 e. The van der Waals surface area contributed by atoms with E-state index in [0.29, 0.717) is 0 Å². The summed E-state index contributed by atoms with van der Waals surface area (Å²) in [5.41, 5.74) is -1.35. The van der Waals surface area contributed by atoms with E-state index in [1.54, 1.807) is 6.07 Å². The lowest BCUT2D eigenvalue weighted by molar-refractivity contribution is -0.0623. The van der Waals surface area contributed by atoms with E-state index < -0.39 is 24.1 Å². The fourth-order valence-electron chi connectivity index (χ4n) is 1.07. The first-order valence-corrected chi connectivity index (χ1v) is 4.31. The minimum absolute atomic E-state index is 0.146. The third-order valence-electron chi connectivity index (χ3n) is 1.87. The number of carbonyl (C=O) groups excluding carboxylic acids is 1. The summed E-state index contributed by atoms with van der Waals surface area (Å²) < 4.78 is 36.5. The molecule has 1 aromatic rings. The Kier molecular flexibility index (Phi) is 3.65. The van der Waals surface area contributed by atoms with Crippen LogP contribution in [0.15, 0.2) is 35.5 Å². The molecule has 0 aliphatic heterocycles. The van der Waals surface area contributed by atoms with Gasteiger partial charge in [0.05, 0.1) is 6.42 Å². The summed E-state index contributed by atoms with van der Waals surface area (Å²) in [5.74, 6) is -0.745. The highest BCUT2D eigenvalue weighted by Crippen LogP contribution is 2.20. The Balaban J connectivity index is 2.80. The van der Waals surface area contributed by atoms with Crippen LogP contribution in [0.1, 0.15) is 16.8 Å². The number of benzene rings is 1. The van der Waals surface area contributed by atoms with Crippen LogP contribution in [0.3, 0.4) is 0 Å². The number of hydrogen-bond donors (Lipinski definition) is 1. The summed E-state index contributed by atoms with van der Waals surface area (Å²) in [6.45, 7) is 0. The van der Waals surface area contributed by atoms with Crippen molar-refractivity contribution in [3.8, 4) is 0 Å². The molecule has 1 aromatic carbocycles. The number of alkyl halides is 3. The summed E-state index contributed by atoms with van der Waals surface area (Å²) in [5, 5.41) is 10.3. The van der Waals surface area contributed by atoms with Crippen molar-refractivity contribution in [2.45, 2.75) is 12.6 Å². The average Bonchev–Trinajstić information content (AvgIpc) is 2.25. The zero-order valence-corrected chi connectivity index (χ0v) is 8.03. The molecule has 16 heavy (non-hydrogen) atoms. The van der Waals surface area contributed by atoms with Gasteiger partial charge in [0.25, 0.3) is 0 Å². The van der Waals surface area contributed by atoms with Gasteiger partial charge < -0.3 is 5.21 Å². The molecule has 0 aliphatic carbocycles. The van der Waals surface area contributed by atoms with Gasteiger partial charge in [-0.1, -0.05) is 35.5 Å². The number of nitrogens with zero attached hydrogens (tertiary/aromatic N) is 1. The molecule has 3 nitrogen and oxygen atoms in total. The van der Waals surface area contributed by atoms with Gasteiger partial charge in [-0.3, -0.25) is 4.79 Å². The first-order chi connectivity index (χ1) is 7.45. The van der Waals surface area contributed by atoms with Crippen molar-refractivity contribution in [2.24, 2.45) is 5.16 Å². The molecule has 1 N–H and O–H groups in total. The van der Waals surface area contributed by atoms with Gasteiger partial charge in [0.15, 0.2) is 11.5 Å². The molecule has 0 aromatic heterocycles. The molecule has 0 atom stereocenters. The van der Waals surface area contributed by atoms with Crippen LogP contribution in [0.25, 0.3) is 0 Å². The summed E-state index contributed by atoms with van der Waals surface area (Å²) in [7, 11) is 0. The molecule has 0 fully saturated rings. The van der Waals surface area contributed by atoms with Crippen LogP contribution in [-0.2, 0) is 0 Å². The van der Waals surface area contributed by atoms with Gasteiger partial charge >= 0.3 is 6.18 Å². The Morgan fingerprint density at radius 1 is 1.25 bits per heavy atom. The Bertz CT molecular complexity index is 398. The van der Waals surface area contributed by atoms with E-state index in [9.17, 15) is 18.0 Å². The number of carbonyl (C=O) groups is 1. The van der Waals surface area contributed by atoms with Crippen LogP contribution in [0.5, 0.6) is 0 Å². The predicted molar refractivity (Wildman–Crippen MR) is 50.7 cm³/mol. The molecule has 0 radical (unpaired) electrons. The van der Waals surface area contributed by atoms with Gasteiger partial charge in [0.1, 0.15) is 0 Å². The monoisotopic (exact) mass is 231 g/mol. The quantitative estimate of drug-likeness (QED) is 0.376. The zero-order valence-electron chi connectivity index (χ0n) is 8.03. The molecule has 0 spiro atoms. The van der Waals surface area contributed by atoms with Crippen molar-refractivity contribution in [1.29, 1.82) is 0 Å². The van der Waals surface area contributed by atoms with Crippen molar-refractivity contribution < 1.29 is 23.2 Å². The normalized spacial score (nSPS) is 12.6. The molecule has 0 saturated heterocycles. The molecule has 1 rings (SSSR count). The largest absolute Gasteiger partial charge is 0.433 e. The van der Waals surface area contributed by atoms with Crippen molar-refractivity contribution in [3.63, 3.8) is 0 Å². The maximum Gasteiger partial charge on any atom is 0.433 e. The summed E-state index contributed by atoms with van der Waals surface area (Å²) in [6.07, 6.45) is -5.76. The van der Waals surface area contributed by atoms with Gasteiger partial charge in [-0.15, -0.1) is 0 Å². The predicted octanol–water partition coefficient (Wildman–Crippen LogP) is 2.65. The van der Waals surface area contributed by atoms with Crippen molar-refractivity contribution in [2.75, 3.05) is 0 Å². The summed E-state index contributed by atoms with van der Waals surface area (Å²) in [6, 6.07) is 7.51. The Morgan fingerprint density at radius 3 is 2.25 bits per heavy atom. The highest BCUT2D eigenvalue weighted by atomic mass is 19.4. The SMILES string of the molecule is O=C(C/C(=N/O)C(F)(F)F)c1ccccc1. The number of hydrogen-bond acceptors (Lipinski definition) is 3. The average molecular weight is 231 g/mol. The lowest BCUT2D eigenvalue weighted by Gasteiger charge is -2.07. The van der Waals surface area contributed by atoms with Crippen LogP contribution in [-0.4, -0.2) is 22.9 Å². The molecule has 0 bridgehead atoms. The van der Waals surface area contributed by atoms with Crippen molar-refractivity contribution >= 4 is 11.5 Å². The summed E-state index contributed by atoms with van der Waals surface area (Å²) >= 11 is 0. The number of rotatable bonds is 3. The van der Waals surface area contributed by atoms with Crippen LogP contribution in [0, 0.1) is 0 Å². The second-order valence-electron chi connectivity index (χ2n) is 3.01. The molecule has 86 valence electrons. The molecule has 0 aliphatic rings. The second-order valence-corrected chi connectivity index (χ2v) is 3.01. The van der Waals surface area contributed by atoms with E-state index in [1.165, 1.54) is 24.3 Å². The highest BCUT2D eigenvalue weighted by Gasteiger charge is 2.37. The minimum atomic E-state index is -4.79. The van der Waals surface area contributed by atoms with Crippen LogP contribution < -0.4 is 0 Å². The highest BCUT2D eigenvalue weighted by molar-refractivity contribution is 6.11. The fourth-order valence-corrected chi connectivity index (χ4v) is 1.07. The fraction of sp³-hybridized carbons (Fsp3) is 0.200. The Morgan fingerprint density at radius 2 is 1.81 bits per heavy atom. The van der Waals surface area contributed by atoms with Gasteiger partial charge in [-0.25, -0.2) is 0 Å². The number of oxime groups is 1. The Labute approximate surface area is 89.2 Å². The van der Waals surface area contributed by atoms with Crippen LogP contribution in [0.4, 0.5) is 13.2 Å². The standard InChI is InChI=1S/C10H8F3NO2/c11-10(12,13)9(14-16)6-8(15)7-4-2-1-3-5-7/h1-5,16H,6H2/b14-9-. The molecule has 6 heteroatoms. The molecule has 0 heterocycles. The van der Waals surface area contributed by atoms with E-state index >= 15 is 0 Å². The Hall–Kier alpha value is -1.85. The zero-order chi connectivity index (χ0) is 12.2. The molecular formula is C10H8F3NO2. The third kappa shape index (κ3) is 3.08. The van der Waals surface area contributed by atoms with E-state index in [0.717, 1.165) is 0 Å². The minimum Gasteiger partial charge on any atom is -0.411 e.